The lowest BCUT2D eigenvalue weighted by Crippen LogP contribution is -2.27. The van der Waals surface area contributed by atoms with Gasteiger partial charge < -0.3 is 5.32 Å². The van der Waals surface area contributed by atoms with Crippen LogP contribution in [0.15, 0.2) is 59.4 Å². The van der Waals surface area contributed by atoms with Gasteiger partial charge in [-0.15, -0.1) is 0 Å². The first-order valence-electron chi connectivity index (χ1n) is 10.4. The number of nitro groups is 1. The molecular weight excluding hydrogens is 438 g/mol. The predicted molar refractivity (Wildman–Crippen MR) is 125 cm³/mol. The quantitative estimate of drug-likeness (QED) is 0.330. The zero-order valence-corrected chi connectivity index (χ0v) is 18.6. The zero-order chi connectivity index (χ0) is 24.4. The summed E-state index contributed by atoms with van der Waals surface area (Å²) < 4.78 is 1.21. The van der Waals surface area contributed by atoms with Crippen molar-refractivity contribution in [1.82, 2.24) is 25.0 Å². The lowest BCUT2D eigenvalue weighted by molar-refractivity contribution is -0.384. The Kier molecular flexibility index (Phi) is 6.00. The van der Waals surface area contributed by atoms with Gasteiger partial charge in [-0.25, -0.2) is 9.67 Å². The highest BCUT2D eigenvalue weighted by molar-refractivity contribution is 6.04. The van der Waals surface area contributed by atoms with Crippen molar-refractivity contribution in [2.75, 3.05) is 5.32 Å². The molecule has 172 valence electrons. The van der Waals surface area contributed by atoms with Crippen LogP contribution in [0.3, 0.4) is 0 Å². The number of nitrogens with zero attached hydrogens (tertiary/aromatic N) is 5. The number of aryl methyl sites for hydroxylation is 1. The van der Waals surface area contributed by atoms with E-state index in [9.17, 15) is 19.7 Å². The van der Waals surface area contributed by atoms with Crippen LogP contribution in [0, 0.1) is 17.0 Å². The van der Waals surface area contributed by atoms with E-state index in [1.807, 2.05) is 13.8 Å². The summed E-state index contributed by atoms with van der Waals surface area (Å²) in [6.45, 7) is 5.53. The molecule has 0 spiro atoms. The summed E-state index contributed by atoms with van der Waals surface area (Å²) in [6.07, 6.45) is 0. The molecule has 0 aliphatic carbocycles. The number of nitrogens with one attached hydrogen (secondary N) is 2. The second-order valence-electron chi connectivity index (χ2n) is 7.85. The first-order chi connectivity index (χ1) is 16.3. The average Bonchev–Trinajstić information content (AvgIpc) is 3.30. The molecule has 34 heavy (non-hydrogen) atoms. The van der Waals surface area contributed by atoms with Crippen molar-refractivity contribution >= 4 is 17.3 Å². The van der Waals surface area contributed by atoms with Crippen LogP contribution in [-0.2, 0) is 0 Å². The van der Waals surface area contributed by atoms with E-state index in [4.69, 9.17) is 0 Å². The maximum Gasteiger partial charge on any atom is 0.294 e. The Morgan fingerprint density at radius 3 is 2.56 bits per heavy atom. The third kappa shape index (κ3) is 4.31. The smallest absolute Gasteiger partial charge is 0.294 e. The number of anilines is 1. The minimum Gasteiger partial charge on any atom is -0.320 e. The molecule has 4 rings (SSSR count). The van der Waals surface area contributed by atoms with E-state index in [-0.39, 0.29) is 17.3 Å². The maximum absolute atomic E-state index is 13.1. The molecule has 11 heteroatoms. The van der Waals surface area contributed by atoms with Gasteiger partial charge in [0.15, 0.2) is 11.5 Å². The van der Waals surface area contributed by atoms with Crippen molar-refractivity contribution in [2.24, 2.45) is 0 Å². The second-order valence-corrected chi connectivity index (χ2v) is 7.85. The van der Waals surface area contributed by atoms with Crippen LogP contribution >= 0.6 is 0 Å². The van der Waals surface area contributed by atoms with Gasteiger partial charge in [-0.2, -0.15) is 10.2 Å². The first kappa shape index (κ1) is 22.5. The van der Waals surface area contributed by atoms with Crippen molar-refractivity contribution in [3.05, 3.63) is 92.1 Å². The van der Waals surface area contributed by atoms with E-state index < -0.39 is 22.0 Å². The number of para-hydroxylation sites is 3. The number of hydrogen-bond acceptors (Lipinski definition) is 7. The van der Waals surface area contributed by atoms with Crippen molar-refractivity contribution in [2.45, 2.75) is 26.7 Å². The van der Waals surface area contributed by atoms with Gasteiger partial charge in [0.2, 0.25) is 5.43 Å². The van der Waals surface area contributed by atoms with Crippen LogP contribution in [0.5, 0.6) is 0 Å². The monoisotopic (exact) mass is 459 g/mol. The third-order valence-electron chi connectivity index (χ3n) is 5.09. The standard InChI is InChI=1S/C23H21N7O4/c1-13(2)21-25-22(27-26-21)15-8-4-5-9-16(15)24-23(32)20-19(31)12-14(3)29(28-20)17-10-6-7-11-18(17)30(33)34/h4-13H,1-3H3,(H,24,32)(H,25,26,27). The topological polar surface area (TPSA) is 149 Å². The summed E-state index contributed by atoms with van der Waals surface area (Å²) in [5, 5.41) is 25.4. The summed E-state index contributed by atoms with van der Waals surface area (Å²) in [7, 11) is 0. The van der Waals surface area contributed by atoms with Gasteiger partial charge in [0.25, 0.3) is 11.6 Å². The summed E-state index contributed by atoms with van der Waals surface area (Å²) in [6, 6.07) is 14.1. The largest absolute Gasteiger partial charge is 0.320 e. The van der Waals surface area contributed by atoms with Crippen LogP contribution < -0.4 is 10.7 Å². The van der Waals surface area contributed by atoms with E-state index in [1.54, 1.807) is 37.3 Å². The van der Waals surface area contributed by atoms with Gasteiger partial charge in [0, 0.05) is 29.3 Å². The number of nitro benzene ring substituents is 1. The van der Waals surface area contributed by atoms with E-state index in [0.717, 1.165) is 0 Å². The Balaban J connectivity index is 1.73. The number of carbonyl (C=O) groups is 1. The number of aromatic amines is 1. The van der Waals surface area contributed by atoms with E-state index in [1.165, 1.54) is 28.9 Å². The molecule has 2 heterocycles. The fourth-order valence-corrected chi connectivity index (χ4v) is 3.37. The summed E-state index contributed by atoms with van der Waals surface area (Å²) in [4.78, 5) is 41.1. The van der Waals surface area contributed by atoms with Gasteiger partial charge in [-0.3, -0.25) is 24.8 Å². The Hall–Kier alpha value is -4.67. The van der Waals surface area contributed by atoms with Gasteiger partial charge in [0.1, 0.15) is 11.5 Å². The SMILES string of the molecule is Cc1cc(=O)c(C(=O)Nc2ccccc2-c2n[nH]c(C(C)C)n2)nn1-c1ccccc1[N+](=O)[O-]. The normalized spacial score (nSPS) is 10.9. The van der Waals surface area contributed by atoms with Gasteiger partial charge in [-0.05, 0) is 25.1 Å². The predicted octanol–water partition coefficient (Wildman–Crippen LogP) is 3.61. The number of rotatable bonds is 6. The number of hydrogen-bond donors (Lipinski definition) is 2. The van der Waals surface area contributed by atoms with Crippen LogP contribution in [-0.4, -0.2) is 35.8 Å². The molecule has 4 aromatic rings. The van der Waals surface area contributed by atoms with E-state index in [2.05, 4.69) is 25.6 Å². The molecule has 1 amide bonds. The molecule has 0 atom stereocenters. The van der Waals surface area contributed by atoms with Crippen molar-refractivity contribution in [3.63, 3.8) is 0 Å². The number of aromatic nitrogens is 5. The summed E-state index contributed by atoms with van der Waals surface area (Å²) in [5.74, 6) is 0.474. The number of H-pyrrole nitrogens is 1. The minimum atomic E-state index is -0.760. The van der Waals surface area contributed by atoms with Gasteiger partial charge in [0.05, 0.1) is 10.6 Å². The third-order valence-corrected chi connectivity index (χ3v) is 5.09. The number of amides is 1. The van der Waals surface area contributed by atoms with Crippen molar-refractivity contribution < 1.29 is 9.72 Å². The molecule has 0 radical (unpaired) electrons. The molecule has 2 N–H and O–H groups in total. The molecule has 0 bridgehead atoms. The fraction of sp³-hybridized carbons (Fsp3) is 0.174. The van der Waals surface area contributed by atoms with Crippen molar-refractivity contribution in [1.29, 1.82) is 0 Å². The highest BCUT2D eigenvalue weighted by Gasteiger charge is 2.21. The Morgan fingerprint density at radius 1 is 1.15 bits per heavy atom. The molecule has 0 saturated carbocycles. The summed E-state index contributed by atoms with van der Waals surface area (Å²) in [5.41, 5.74) is 0.216. The van der Waals surface area contributed by atoms with Crippen LogP contribution in [0.1, 0.15) is 41.8 Å². The second kappa shape index (κ2) is 9.06. The first-order valence-corrected chi connectivity index (χ1v) is 10.4. The number of carbonyl (C=O) groups excluding carboxylic acids is 1. The molecular formula is C23H21N7O4. The molecule has 0 aliphatic rings. The molecule has 0 aliphatic heterocycles. The molecule has 2 aromatic carbocycles. The van der Waals surface area contributed by atoms with Gasteiger partial charge >= 0.3 is 0 Å². The Labute approximate surface area is 193 Å². The van der Waals surface area contributed by atoms with Gasteiger partial charge in [-0.1, -0.05) is 38.1 Å². The number of benzene rings is 2. The maximum atomic E-state index is 13.1. The zero-order valence-electron chi connectivity index (χ0n) is 18.6. The van der Waals surface area contributed by atoms with E-state index in [0.29, 0.717) is 28.6 Å². The molecule has 0 unspecified atom stereocenters. The molecule has 0 saturated heterocycles. The Bertz CT molecular complexity index is 1460. The average molecular weight is 459 g/mol. The highest BCUT2D eigenvalue weighted by atomic mass is 16.6. The molecule has 0 fully saturated rings. The molecule has 2 aromatic heterocycles. The lowest BCUT2D eigenvalue weighted by Gasteiger charge is -2.12. The fourth-order valence-electron chi connectivity index (χ4n) is 3.37. The summed E-state index contributed by atoms with van der Waals surface area (Å²) >= 11 is 0. The molecule has 11 nitrogen and oxygen atoms in total. The highest BCUT2D eigenvalue weighted by Crippen LogP contribution is 2.26. The van der Waals surface area contributed by atoms with Crippen LogP contribution in [0.4, 0.5) is 11.4 Å². The van der Waals surface area contributed by atoms with Crippen LogP contribution in [0.25, 0.3) is 17.1 Å². The van der Waals surface area contributed by atoms with Crippen LogP contribution in [0.2, 0.25) is 0 Å². The Morgan fingerprint density at radius 2 is 1.85 bits per heavy atom. The lowest BCUT2D eigenvalue weighted by atomic mass is 10.1. The van der Waals surface area contributed by atoms with E-state index >= 15 is 0 Å². The van der Waals surface area contributed by atoms with Crippen molar-refractivity contribution in [3.8, 4) is 17.1 Å². The minimum absolute atomic E-state index is 0.139.